The van der Waals surface area contributed by atoms with Gasteiger partial charge in [-0.05, 0) is 225 Å². The molecule has 16 aromatic rings. The van der Waals surface area contributed by atoms with Gasteiger partial charge in [-0.1, -0.05) is 162 Å². The van der Waals surface area contributed by atoms with Crippen LogP contribution in [0.4, 0.5) is 0 Å². The largest absolute Gasteiger partial charge is 0.481 e. The number of fused-ring (bicyclic) bond motifs is 4. The average Bonchev–Trinajstić information content (AvgIpc) is 1.63. The van der Waals surface area contributed by atoms with E-state index in [1.54, 1.807) is 20.8 Å². The summed E-state index contributed by atoms with van der Waals surface area (Å²) < 4.78 is 44.7. The van der Waals surface area contributed by atoms with Crippen molar-refractivity contribution >= 4 is 90.2 Å². The second-order valence-corrected chi connectivity index (χ2v) is 27.0. The number of carboxylic acids is 1. The molecule has 12 aromatic carbocycles. The normalized spacial score (nSPS) is 10.7. The Morgan fingerprint density at radius 2 is 0.770 bits per heavy atom. The molecule has 2 atom stereocenters. The molecule has 0 bridgehead atoms. The number of aromatic amines is 1. The number of ether oxygens (including phenoxy) is 7. The number of aromatic nitrogens is 4. The fourth-order valence-corrected chi connectivity index (χ4v) is 12.4. The Morgan fingerprint density at radius 1 is 0.426 bits per heavy atom. The van der Waals surface area contributed by atoms with Crippen molar-refractivity contribution in [3.63, 3.8) is 0 Å². The third kappa shape index (κ3) is 28.0. The molecular formula is C97H90BrN7O17. The van der Waals surface area contributed by atoms with E-state index in [1.807, 2.05) is 291 Å². The third-order valence-corrected chi connectivity index (χ3v) is 18.1. The highest BCUT2D eigenvalue weighted by molar-refractivity contribution is 9.10. The van der Waals surface area contributed by atoms with Crippen molar-refractivity contribution in [1.29, 1.82) is 0 Å². The van der Waals surface area contributed by atoms with Crippen LogP contribution in [0.5, 0.6) is 46.0 Å². The lowest BCUT2D eigenvalue weighted by Crippen LogP contribution is -2.34. The van der Waals surface area contributed by atoms with Crippen molar-refractivity contribution in [1.82, 2.24) is 18.7 Å². The summed E-state index contributed by atoms with van der Waals surface area (Å²) in [4.78, 5) is 74.2. The molecule has 122 heavy (non-hydrogen) atoms. The lowest BCUT2D eigenvalue weighted by atomic mass is 10.1. The van der Waals surface area contributed by atoms with Crippen molar-refractivity contribution in [3.8, 4) is 63.1 Å². The van der Waals surface area contributed by atoms with E-state index in [-0.39, 0.29) is 25.6 Å². The van der Waals surface area contributed by atoms with Crippen LogP contribution in [-0.4, -0.2) is 103 Å². The van der Waals surface area contributed by atoms with E-state index in [9.17, 15) is 34.6 Å². The molecule has 0 aliphatic rings. The molecule has 0 aliphatic carbocycles. The molecule has 4 aromatic heterocycles. The van der Waals surface area contributed by atoms with Crippen LogP contribution in [0, 0.1) is 20.2 Å². The van der Waals surface area contributed by atoms with E-state index < -0.39 is 46.4 Å². The van der Waals surface area contributed by atoms with Crippen LogP contribution in [0.2, 0.25) is 0 Å². The van der Waals surface area contributed by atoms with Gasteiger partial charge in [-0.3, -0.25) is 29.8 Å². The summed E-state index contributed by atoms with van der Waals surface area (Å²) in [7, 11) is 0. The van der Waals surface area contributed by atoms with Gasteiger partial charge in [0, 0.05) is 85.8 Å². The van der Waals surface area contributed by atoms with Crippen molar-refractivity contribution < 1.29 is 72.1 Å². The van der Waals surface area contributed by atoms with E-state index in [1.165, 1.54) is 21.8 Å². The Hall–Kier alpha value is -15.2. The number of nitrogens with one attached hydrogen (secondary N) is 1. The highest BCUT2D eigenvalue weighted by atomic mass is 79.9. The second kappa shape index (κ2) is 47.9. The van der Waals surface area contributed by atoms with Crippen LogP contribution in [0.1, 0.15) is 38.8 Å². The van der Waals surface area contributed by atoms with Gasteiger partial charge < -0.3 is 67.5 Å². The topological polar surface area (TPSA) is 313 Å². The third-order valence-electron chi connectivity index (χ3n) is 17.5. The Balaban J connectivity index is 0.000000173. The van der Waals surface area contributed by atoms with Gasteiger partial charge in [0.05, 0.1) is 42.8 Å². The smallest absolute Gasteiger partial charge is 0.382 e. The summed E-state index contributed by atoms with van der Waals surface area (Å²) in [5, 5.41) is 33.0. The molecule has 0 amide bonds. The van der Waals surface area contributed by atoms with E-state index in [0.29, 0.717) is 24.3 Å². The Morgan fingerprint density at radius 3 is 1.17 bits per heavy atom. The van der Waals surface area contributed by atoms with Gasteiger partial charge in [0.2, 0.25) is 0 Å². The summed E-state index contributed by atoms with van der Waals surface area (Å²) in [5.41, 5.74) is 15.2. The fraction of sp³-hybridized carbons (Fsp3) is 0.124. The van der Waals surface area contributed by atoms with Crippen LogP contribution in [0.25, 0.3) is 60.7 Å². The average molecular weight is 1710 g/mol. The van der Waals surface area contributed by atoms with Gasteiger partial charge in [0.25, 0.3) is 12.5 Å². The highest BCUT2D eigenvalue weighted by Crippen LogP contribution is 2.33. The van der Waals surface area contributed by atoms with E-state index in [0.717, 1.165) is 96.1 Å². The molecule has 0 fully saturated rings. The molecule has 24 nitrogen and oxygen atoms in total. The van der Waals surface area contributed by atoms with Crippen LogP contribution >= 0.6 is 15.9 Å². The number of hydrogen-bond acceptors (Lipinski definition) is 17. The fourth-order valence-electron chi connectivity index (χ4n) is 12.2. The number of esters is 3. The second-order valence-electron chi connectivity index (χ2n) is 26.1. The highest BCUT2D eigenvalue weighted by Gasteiger charge is 2.33. The van der Waals surface area contributed by atoms with E-state index in [4.69, 9.17) is 48.9 Å². The number of aliphatic carboxylic acids is 1. The number of carbonyl (C=O) groups excluding carboxylic acids is 4. The molecule has 4 N–H and O–H groups in total. The van der Waals surface area contributed by atoms with Crippen molar-refractivity contribution in [2.24, 2.45) is 5.73 Å². The number of carbonyl (C=O) groups is 5. The molecule has 0 saturated carbocycles. The monoisotopic (exact) mass is 1700 g/mol. The molecule has 0 spiro atoms. The number of para-hydroxylation sites is 8. The van der Waals surface area contributed by atoms with Crippen LogP contribution in [0.15, 0.2) is 357 Å². The number of benzene rings is 12. The lowest BCUT2D eigenvalue weighted by molar-refractivity contribution is -0.510. The first-order valence-electron chi connectivity index (χ1n) is 38.6. The zero-order valence-corrected chi connectivity index (χ0v) is 68.8. The number of halogens is 1. The standard InChI is InChI=1S/C25H22N2O5.C25H24N2O3.C20H15NO.C12H9BrO.C8H7N.C4H7NO4.C2H4O2.CH2O/c1-2-31-25(28)24(27(29)30)16-18-17-26(23-11-7-6-10-22(18)23)19-12-14-21(15-13-19)32-20-8-4-3-5-9-20;1-2-29-25(28)23(26)16-18-17-27(24-11-7-6-10-22(18)24)19-12-14-21(15-13-19)30-20-8-4-3-5-9-20;1-2-7-18(8-3-1)22-19-12-10-17(11-13-19)21-15-14-16-6-4-5-9-20(16)21;13-10-6-8-12(9-7-10)14-11-4-2-1-3-5-11;1-2-4-8-7(3-1)5-6-9-8;1-2-9-4(6)3-5(7)8;1-2(3)4;1-2/h3-15,17,24H,2,16H2,1H3;3-15,17,23H,2,16,26H2,1H3;1-15H;1-9H;1-6,9H;2-3H2,1H3;1H3,(H,3,4);1H2. The maximum absolute atomic E-state index is 12.1. The van der Waals surface area contributed by atoms with Crippen LogP contribution in [-0.2, 0) is 51.0 Å². The predicted octanol–water partition coefficient (Wildman–Crippen LogP) is 21.6. The Kier molecular flexibility index (Phi) is 35.6. The number of nitrogens with zero attached hydrogens (tertiary/aromatic N) is 5. The summed E-state index contributed by atoms with van der Waals surface area (Å²) in [6, 6.07) is 105. The van der Waals surface area contributed by atoms with Gasteiger partial charge in [-0.2, -0.15) is 0 Å². The minimum Gasteiger partial charge on any atom is -0.481 e. The van der Waals surface area contributed by atoms with Crippen molar-refractivity contribution in [3.05, 3.63) is 388 Å². The molecule has 0 aliphatic heterocycles. The first-order chi connectivity index (χ1) is 59.3. The van der Waals surface area contributed by atoms with E-state index >= 15 is 0 Å². The van der Waals surface area contributed by atoms with Crippen LogP contribution in [0.3, 0.4) is 0 Å². The molecule has 0 saturated heterocycles. The van der Waals surface area contributed by atoms with Gasteiger partial charge >= 0.3 is 23.9 Å². The number of carboxylic acid groups (broad SMARTS) is 1. The summed E-state index contributed by atoms with van der Waals surface area (Å²) >= 11 is 3.38. The van der Waals surface area contributed by atoms with E-state index in [2.05, 4.69) is 108 Å². The first-order valence-corrected chi connectivity index (χ1v) is 39.3. The SMILES string of the molecule is Brc1ccc(Oc2ccccc2)cc1.C=O.CC(=O)O.CCOC(=O)C(Cc1cn(-c2ccc(Oc3ccccc3)cc2)c2ccccc12)[N+](=O)[O-].CCOC(=O)C(N)Cc1cn(-c2ccc(Oc3ccccc3)cc2)c2ccccc12.CCOC(=O)C[N+](=O)[O-].c1ccc(Oc2ccc(-n3ccc4ccccc43)cc2)cc1.c1ccc2[nH]ccc2c1. The first kappa shape index (κ1) is 90.7. The summed E-state index contributed by atoms with van der Waals surface area (Å²) in [6.45, 7) is 7.96. The predicted molar refractivity (Wildman–Crippen MR) is 477 cm³/mol. The van der Waals surface area contributed by atoms with Crippen molar-refractivity contribution in [2.45, 2.75) is 52.6 Å². The van der Waals surface area contributed by atoms with Gasteiger partial charge in [0.15, 0.2) is 0 Å². The number of nitrogens with two attached hydrogens (primary N) is 1. The molecule has 2 unspecified atom stereocenters. The molecule has 0 radical (unpaired) electrons. The molecule has 4 heterocycles. The quantitative estimate of drug-likeness (QED) is 0.0232. The maximum Gasteiger partial charge on any atom is 0.382 e. The van der Waals surface area contributed by atoms with Crippen molar-refractivity contribution in [2.75, 3.05) is 26.4 Å². The summed E-state index contributed by atoms with van der Waals surface area (Å²) in [6.07, 6.45) is 8.29. The zero-order valence-electron chi connectivity index (χ0n) is 67.3. The Bertz CT molecular complexity index is 5900. The molecule has 622 valence electrons. The molecular weight excluding hydrogens is 1620 g/mol. The summed E-state index contributed by atoms with van der Waals surface area (Å²) in [5.74, 6) is 3.59. The maximum atomic E-state index is 12.1. The van der Waals surface area contributed by atoms with Gasteiger partial charge in [0.1, 0.15) is 58.8 Å². The zero-order chi connectivity index (χ0) is 87.0. The number of H-pyrrole nitrogens is 1. The minimum atomic E-state index is -1.45. The van der Waals surface area contributed by atoms with Gasteiger partial charge in [-0.15, -0.1) is 0 Å². The number of nitro groups is 2. The minimum absolute atomic E-state index is 0.0471. The molecule has 16 rings (SSSR count). The number of hydrogen-bond donors (Lipinski definition) is 3. The number of rotatable bonds is 23. The van der Waals surface area contributed by atoms with Crippen LogP contribution < -0.4 is 24.7 Å². The Labute approximate surface area is 712 Å². The lowest BCUT2D eigenvalue weighted by Gasteiger charge is -2.09. The van der Waals surface area contributed by atoms with Gasteiger partial charge in [-0.25, -0.2) is 9.59 Å². The molecule has 25 heteroatoms.